The van der Waals surface area contributed by atoms with Crippen LogP contribution in [0.1, 0.15) is 101 Å². The third-order valence-electron chi connectivity index (χ3n) is 8.89. The molecule has 262 valence electrons. The maximum absolute atomic E-state index is 13.7. The summed E-state index contributed by atoms with van der Waals surface area (Å²) in [5.74, 6) is -2.01. The topological polar surface area (TPSA) is 94.9 Å². The van der Waals surface area contributed by atoms with Crippen molar-refractivity contribution in [3.8, 4) is 5.75 Å². The number of allylic oxidation sites excluding steroid dienone is 2. The lowest BCUT2D eigenvalue weighted by Crippen LogP contribution is -2.30. The smallest absolute Gasteiger partial charge is 0.389 e. The quantitative estimate of drug-likeness (QED) is 0.107. The number of aryl methyl sites for hydroxylation is 1. The molecule has 1 atom stereocenters. The SMILES string of the molecule is CC(CCN(CCCCCCC1=C(c2ccc(F)cc2)CCCc2cc(O)ccc21)CCCCS(=O)(=O)CCCC(F)(F)F)C(=O)O. The summed E-state index contributed by atoms with van der Waals surface area (Å²) in [4.78, 5) is 13.5. The van der Waals surface area contributed by atoms with Crippen LogP contribution in [0.2, 0.25) is 0 Å². The Balaban J connectivity index is 1.53. The number of hydrogen-bond donors (Lipinski definition) is 2. The van der Waals surface area contributed by atoms with Crippen LogP contribution < -0.4 is 0 Å². The number of hydrogen-bond acceptors (Lipinski definition) is 5. The van der Waals surface area contributed by atoms with Gasteiger partial charge in [0.25, 0.3) is 0 Å². The zero-order chi connectivity index (χ0) is 34.5. The second kappa shape index (κ2) is 18.6. The molecule has 0 fully saturated rings. The van der Waals surface area contributed by atoms with E-state index in [0.29, 0.717) is 32.4 Å². The number of carboxylic acids is 1. The average Bonchev–Trinajstić information content (AvgIpc) is 3.17. The first-order valence-electron chi connectivity index (χ1n) is 16.8. The van der Waals surface area contributed by atoms with Gasteiger partial charge in [-0.3, -0.25) is 4.79 Å². The zero-order valence-corrected chi connectivity index (χ0v) is 28.1. The van der Waals surface area contributed by atoms with Crippen LogP contribution in [0.25, 0.3) is 11.1 Å². The molecule has 0 amide bonds. The summed E-state index contributed by atoms with van der Waals surface area (Å²) < 4.78 is 75.2. The van der Waals surface area contributed by atoms with Gasteiger partial charge in [-0.2, -0.15) is 13.2 Å². The van der Waals surface area contributed by atoms with Crippen LogP contribution in [0.4, 0.5) is 17.6 Å². The number of carboxylic acid groups (broad SMARTS) is 1. The molecule has 0 saturated heterocycles. The summed E-state index contributed by atoms with van der Waals surface area (Å²) in [6.07, 6.45) is 2.79. The molecule has 0 heterocycles. The van der Waals surface area contributed by atoms with E-state index in [1.165, 1.54) is 23.3 Å². The van der Waals surface area contributed by atoms with Gasteiger partial charge in [0.05, 0.1) is 17.4 Å². The molecule has 2 N–H and O–H groups in total. The number of benzene rings is 2. The van der Waals surface area contributed by atoms with Crippen LogP contribution >= 0.6 is 0 Å². The Kier molecular flexibility index (Phi) is 15.2. The van der Waals surface area contributed by atoms with Gasteiger partial charge in [0.2, 0.25) is 0 Å². The van der Waals surface area contributed by atoms with E-state index in [1.807, 2.05) is 24.3 Å². The highest BCUT2D eigenvalue weighted by molar-refractivity contribution is 7.91. The lowest BCUT2D eigenvalue weighted by molar-refractivity contribution is -0.141. The minimum absolute atomic E-state index is 0.150. The van der Waals surface area contributed by atoms with E-state index in [1.54, 1.807) is 13.0 Å². The van der Waals surface area contributed by atoms with Crippen molar-refractivity contribution in [2.75, 3.05) is 31.1 Å². The first-order chi connectivity index (χ1) is 22.2. The highest BCUT2D eigenvalue weighted by Crippen LogP contribution is 2.39. The van der Waals surface area contributed by atoms with Crippen molar-refractivity contribution in [2.24, 2.45) is 5.92 Å². The normalized spacial score (nSPS) is 14.7. The molecule has 1 unspecified atom stereocenters. The van der Waals surface area contributed by atoms with Crippen molar-refractivity contribution in [1.82, 2.24) is 4.90 Å². The van der Waals surface area contributed by atoms with E-state index in [-0.39, 0.29) is 17.3 Å². The van der Waals surface area contributed by atoms with Crippen LogP contribution in [-0.2, 0) is 21.1 Å². The standard InChI is InChI=1S/C36H49F4NO5S/c1-27(35(43)44)19-23-41(22-6-7-24-47(45,46)25-9-20-36(38,39)40)21-5-3-2-4-11-34-32(28-13-15-30(37)16-14-28)12-8-10-29-26-31(42)17-18-33(29)34/h13-18,26-27,42H,2-12,19-25H2,1H3,(H,43,44). The largest absolute Gasteiger partial charge is 0.508 e. The predicted molar refractivity (Wildman–Crippen MR) is 178 cm³/mol. The van der Waals surface area contributed by atoms with Gasteiger partial charge in [0.15, 0.2) is 0 Å². The number of unbranched alkanes of at least 4 members (excludes halogenated alkanes) is 4. The summed E-state index contributed by atoms with van der Waals surface area (Å²) in [7, 11) is -3.55. The third kappa shape index (κ3) is 14.0. The first kappa shape index (κ1) is 38.5. The molecular formula is C36H49F4NO5S. The number of carbonyl (C=O) groups is 1. The van der Waals surface area contributed by atoms with Crippen molar-refractivity contribution in [1.29, 1.82) is 0 Å². The van der Waals surface area contributed by atoms with E-state index in [2.05, 4.69) is 4.90 Å². The van der Waals surface area contributed by atoms with Gasteiger partial charge in [-0.1, -0.05) is 38.0 Å². The number of rotatable bonds is 20. The number of aromatic hydroxyl groups is 1. The fraction of sp³-hybridized carbons (Fsp3) is 0.583. The van der Waals surface area contributed by atoms with Gasteiger partial charge in [-0.25, -0.2) is 12.8 Å². The molecule has 3 rings (SSSR count). The minimum atomic E-state index is -4.36. The van der Waals surface area contributed by atoms with Gasteiger partial charge in [-0.15, -0.1) is 0 Å². The van der Waals surface area contributed by atoms with Gasteiger partial charge in [0.1, 0.15) is 21.4 Å². The van der Waals surface area contributed by atoms with E-state index >= 15 is 0 Å². The minimum Gasteiger partial charge on any atom is -0.508 e. The summed E-state index contributed by atoms with van der Waals surface area (Å²) in [6.45, 7) is 3.58. The Morgan fingerprint density at radius 3 is 2.23 bits per heavy atom. The molecule has 6 nitrogen and oxygen atoms in total. The van der Waals surface area contributed by atoms with E-state index < -0.39 is 46.5 Å². The maximum Gasteiger partial charge on any atom is 0.389 e. The molecule has 11 heteroatoms. The van der Waals surface area contributed by atoms with Crippen molar-refractivity contribution < 1.29 is 41.0 Å². The molecular weight excluding hydrogens is 634 g/mol. The van der Waals surface area contributed by atoms with E-state index in [9.17, 15) is 41.0 Å². The molecule has 0 saturated carbocycles. The van der Waals surface area contributed by atoms with Crippen LogP contribution in [0, 0.1) is 11.7 Å². The Labute approximate surface area is 276 Å². The fourth-order valence-corrected chi connectivity index (χ4v) is 7.62. The summed E-state index contributed by atoms with van der Waals surface area (Å²) in [5.41, 5.74) is 5.73. The van der Waals surface area contributed by atoms with Crippen LogP contribution in [0.15, 0.2) is 42.5 Å². The molecule has 1 aliphatic carbocycles. The fourth-order valence-electron chi connectivity index (χ4n) is 6.18. The van der Waals surface area contributed by atoms with Crippen molar-refractivity contribution in [2.45, 2.75) is 96.6 Å². The lowest BCUT2D eigenvalue weighted by Gasteiger charge is -2.23. The molecule has 47 heavy (non-hydrogen) atoms. The number of aliphatic carboxylic acids is 1. The summed E-state index contributed by atoms with van der Waals surface area (Å²) in [6, 6.07) is 12.2. The summed E-state index contributed by atoms with van der Waals surface area (Å²) >= 11 is 0. The first-order valence-corrected chi connectivity index (χ1v) is 18.6. The molecule has 0 radical (unpaired) electrons. The number of phenols is 1. The Morgan fingerprint density at radius 2 is 1.55 bits per heavy atom. The van der Waals surface area contributed by atoms with Crippen molar-refractivity contribution in [3.05, 3.63) is 65.0 Å². The number of alkyl halides is 3. The van der Waals surface area contributed by atoms with Crippen LogP contribution in [0.3, 0.4) is 0 Å². The lowest BCUT2D eigenvalue weighted by atomic mass is 9.89. The van der Waals surface area contributed by atoms with Crippen LogP contribution in [0.5, 0.6) is 5.75 Å². The maximum atomic E-state index is 13.7. The third-order valence-corrected chi connectivity index (χ3v) is 10.7. The van der Waals surface area contributed by atoms with Crippen molar-refractivity contribution >= 4 is 27.0 Å². The van der Waals surface area contributed by atoms with Gasteiger partial charge >= 0.3 is 12.1 Å². The molecule has 0 bridgehead atoms. The highest BCUT2D eigenvalue weighted by atomic mass is 32.2. The number of nitrogens with zero attached hydrogens (tertiary/aromatic N) is 1. The second-order valence-electron chi connectivity index (χ2n) is 12.8. The average molecular weight is 684 g/mol. The highest BCUT2D eigenvalue weighted by Gasteiger charge is 2.27. The van der Waals surface area contributed by atoms with Gasteiger partial charge < -0.3 is 15.1 Å². The second-order valence-corrected chi connectivity index (χ2v) is 15.1. The number of sulfone groups is 1. The molecule has 1 aliphatic rings. The Hall–Kier alpha value is -2.92. The monoisotopic (exact) mass is 683 g/mol. The molecule has 2 aromatic carbocycles. The predicted octanol–water partition coefficient (Wildman–Crippen LogP) is 8.68. The Morgan fingerprint density at radius 1 is 0.894 bits per heavy atom. The van der Waals surface area contributed by atoms with Gasteiger partial charge in [-0.05, 0) is 136 Å². The van der Waals surface area contributed by atoms with E-state index in [0.717, 1.165) is 74.6 Å². The number of halogens is 4. The number of fused-ring (bicyclic) bond motifs is 1. The molecule has 0 aliphatic heterocycles. The molecule has 0 aromatic heterocycles. The Bertz CT molecular complexity index is 1420. The summed E-state index contributed by atoms with van der Waals surface area (Å²) in [5, 5.41) is 19.4. The van der Waals surface area contributed by atoms with Gasteiger partial charge in [0, 0.05) is 6.42 Å². The molecule has 0 spiro atoms. The number of phenolic OH excluding ortho intramolecular Hbond substituents is 1. The van der Waals surface area contributed by atoms with E-state index in [4.69, 9.17) is 0 Å². The zero-order valence-electron chi connectivity index (χ0n) is 27.3. The molecule has 2 aromatic rings. The van der Waals surface area contributed by atoms with Crippen LogP contribution in [-0.4, -0.2) is 66.8 Å². The van der Waals surface area contributed by atoms with Crippen molar-refractivity contribution in [3.63, 3.8) is 0 Å².